The molecule has 1 aromatic rings. The summed E-state index contributed by atoms with van der Waals surface area (Å²) in [4.78, 5) is 10.6. The highest BCUT2D eigenvalue weighted by Crippen LogP contribution is 2.17. The van der Waals surface area contributed by atoms with Crippen molar-refractivity contribution in [1.29, 1.82) is 0 Å². The molecule has 2 nitrogen and oxygen atoms in total. The standard InChI is InChI=1S/C10H11FO2S/c1-2-14-6-8-5-7(10(12)13)3-4-9(8)11/h3-5H,2,6H2,1H3,(H,12,13). The van der Waals surface area contributed by atoms with E-state index >= 15 is 0 Å². The molecule has 0 saturated heterocycles. The van der Waals surface area contributed by atoms with Crippen LogP contribution >= 0.6 is 11.8 Å². The maximum absolute atomic E-state index is 13.2. The van der Waals surface area contributed by atoms with Crippen LogP contribution < -0.4 is 0 Å². The first-order valence-electron chi connectivity index (χ1n) is 4.24. The lowest BCUT2D eigenvalue weighted by Crippen LogP contribution is -1.99. The predicted molar refractivity (Wildman–Crippen MR) is 55.2 cm³/mol. The summed E-state index contributed by atoms with van der Waals surface area (Å²) in [6.07, 6.45) is 0. The van der Waals surface area contributed by atoms with Crippen molar-refractivity contribution >= 4 is 17.7 Å². The van der Waals surface area contributed by atoms with Crippen molar-refractivity contribution in [2.24, 2.45) is 0 Å². The Kier molecular flexibility index (Phi) is 3.95. The molecule has 0 aromatic heterocycles. The molecule has 0 radical (unpaired) electrons. The van der Waals surface area contributed by atoms with E-state index in [0.717, 1.165) is 5.75 Å². The van der Waals surface area contributed by atoms with Gasteiger partial charge in [0.15, 0.2) is 0 Å². The fourth-order valence-electron chi connectivity index (χ4n) is 1.03. The largest absolute Gasteiger partial charge is 0.478 e. The van der Waals surface area contributed by atoms with E-state index in [0.29, 0.717) is 11.3 Å². The van der Waals surface area contributed by atoms with E-state index in [1.165, 1.54) is 18.2 Å². The van der Waals surface area contributed by atoms with Crippen LogP contribution in [-0.2, 0) is 5.75 Å². The van der Waals surface area contributed by atoms with Crippen molar-refractivity contribution in [2.45, 2.75) is 12.7 Å². The summed E-state index contributed by atoms with van der Waals surface area (Å²) in [6, 6.07) is 3.87. The number of benzene rings is 1. The Balaban J connectivity index is 2.90. The minimum Gasteiger partial charge on any atom is -0.478 e. The number of rotatable bonds is 4. The van der Waals surface area contributed by atoms with Gasteiger partial charge in [-0.25, -0.2) is 9.18 Å². The van der Waals surface area contributed by atoms with Crippen molar-refractivity contribution in [3.05, 3.63) is 35.1 Å². The third-order valence-electron chi connectivity index (χ3n) is 1.75. The van der Waals surface area contributed by atoms with Crippen molar-refractivity contribution in [1.82, 2.24) is 0 Å². The van der Waals surface area contributed by atoms with Crippen LogP contribution in [0.2, 0.25) is 0 Å². The van der Waals surface area contributed by atoms with E-state index in [1.54, 1.807) is 11.8 Å². The Bertz CT molecular complexity index is 339. The van der Waals surface area contributed by atoms with Crippen LogP contribution in [-0.4, -0.2) is 16.8 Å². The summed E-state index contributed by atoms with van der Waals surface area (Å²) >= 11 is 1.56. The van der Waals surface area contributed by atoms with Crippen LogP contribution in [0, 0.1) is 5.82 Å². The molecule has 0 bridgehead atoms. The van der Waals surface area contributed by atoms with Crippen molar-refractivity contribution < 1.29 is 14.3 Å². The molecule has 0 heterocycles. The molecule has 14 heavy (non-hydrogen) atoms. The Labute approximate surface area is 86.1 Å². The van der Waals surface area contributed by atoms with Gasteiger partial charge >= 0.3 is 5.97 Å². The highest BCUT2D eigenvalue weighted by Gasteiger charge is 2.07. The van der Waals surface area contributed by atoms with Crippen LogP contribution in [0.3, 0.4) is 0 Å². The maximum atomic E-state index is 13.2. The molecular weight excluding hydrogens is 203 g/mol. The van der Waals surface area contributed by atoms with E-state index in [2.05, 4.69) is 0 Å². The summed E-state index contributed by atoms with van der Waals surface area (Å²) in [5.74, 6) is 0.0453. The molecule has 0 atom stereocenters. The first kappa shape index (κ1) is 11.0. The first-order valence-corrected chi connectivity index (χ1v) is 5.40. The SMILES string of the molecule is CCSCc1cc(C(=O)O)ccc1F. The van der Waals surface area contributed by atoms with Gasteiger partial charge in [-0.3, -0.25) is 0 Å². The summed E-state index contributed by atoms with van der Waals surface area (Å²) in [5.41, 5.74) is 0.592. The van der Waals surface area contributed by atoms with Crippen molar-refractivity contribution in [3.8, 4) is 0 Å². The van der Waals surface area contributed by atoms with Crippen molar-refractivity contribution in [2.75, 3.05) is 5.75 Å². The number of hydrogen-bond donors (Lipinski definition) is 1. The molecule has 0 amide bonds. The van der Waals surface area contributed by atoms with Crippen LogP contribution in [0.1, 0.15) is 22.8 Å². The lowest BCUT2D eigenvalue weighted by molar-refractivity contribution is 0.0696. The highest BCUT2D eigenvalue weighted by molar-refractivity contribution is 7.98. The molecular formula is C10H11FO2S. The number of aromatic carboxylic acids is 1. The molecule has 0 unspecified atom stereocenters. The number of carboxylic acid groups (broad SMARTS) is 1. The van der Waals surface area contributed by atoms with E-state index in [-0.39, 0.29) is 11.4 Å². The smallest absolute Gasteiger partial charge is 0.335 e. The van der Waals surface area contributed by atoms with Crippen LogP contribution in [0.4, 0.5) is 4.39 Å². The number of halogens is 1. The van der Waals surface area contributed by atoms with E-state index < -0.39 is 5.97 Å². The zero-order valence-corrected chi connectivity index (χ0v) is 8.60. The average Bonchev–Trinajstić information content (AvgIpc) is 2.16. The predicted octanol–water partition coefficient (Wildman–Crippen LogP) is 2.78. The fraction of sp³-hybridized carbons (Fsp3) is 0.300. The topological polar surface area (TPSA) is 37.3 Å². The maximum Gasteiger partial charge on any atom is 0.335 e. The van der Waals surface area contributed by atoms with Gasteiger partial charge in [-0.05, 0) is 29.5 Å². The molecule has 1 aromatic carbocycles. The first-order chi connectivity index (χ1) is 6.65. The van der Waals surface area contributed by atoms with Crippen LogP contribution in [0.25, 0.3) is 0 Å². The van der Waals surface area contributed by atoms with E-state index in [9.17, 15) is 9.18 Å². The number of thioether (sulfide) groups is 1. The van der Waals surface area contributed by atoms with Gasteiger partial charge in [0.25, 0.3) is 0 Å². The van der Waals surface area contributed by atoms with Crippen molar-refractivity contribution in [3.63, 3.8) is 0 Å². The van der Waals surface area contributed by atoms with Gasteiger partial charge in [-0.2, -0.15) is 11.8 Å². The minimum atomic E-state index is -1.02. The van der Waals surface area contributed by atoms with Gasteiger partial charge in [0.2, 0.25) is 0 Å². The molecule has 0 spiro atoms. The molecule has 1 N–H and O–H groups in total. The molecule has 1 rings (SSSR count). The zero-order valence-electron chi connectivity index (χ0n) is 7.79. The van der Waals surface area contributed by atoms with Gasteiger partial charge < -0.3 is 5.11 Å². The molecule has 0 aliphatic carbocycles. The zero-order chi connectivity index (χ0) is 10.6. The van der Waals surface area contributed by atoms with Gasteiger partial charge in [0, 0.05) is 5.75 Å². The minimum absolute atomic E-state index is 0.137. The molecule has 4 heteroatoms. The van der Waals surface area contributed by atoms with E-state index in [4.69, 9.17) is 5.11 Å². The molecule has 0 saturated carbocycles. The third kappa shape index (κ3) is 2.73. The van der Waals surface area contributed by atoms with Crippen LogP contribution in [0.5, 0.6) is 0 Å². The summed E-state index contributed by atoms with van der Waals surface area (Å²) in [7, 11) is 0. The summed E-state index contributed by atoms with van der Waals surface area (Å²) < 4.78 is 13.2. The summed E-state index contributed by atoms with van der Waals surface area (Å²) in [6.45, 7) is 1.98. The second kappa shape index (κ2) is 5.00. The Hall–Kier alpha value is -1.03. The second-order valence-electron chi connectivity index (χ2n) is 2.75. The Morgan fingerprint density at radius 2 is 2.29 bits per heavy atom. The molecule has 76 valence electrons. The quantitative estimate of drug-likeness (QED) is 0.837. The third-order valence-corrected chi connectivity index (χ3v) is 2.68. The Morgan fingerprint density at radius 3 is 2.86 bits per heavy atom. The van der Waals surface area contributed by atoms with Crippen LogP contribution in [0.15, 0.2) is 18.2 Å². The van der Waals surface area contributed by atoms with Gasteiger partial charge in [0.1, 0.15) is 5.82 Å². The van der Waals surface area contributed by atoms with E-state index in [1.807, 2.05) is 6.92 Å². The number of hydrogen-bond acceptors (Lipinski definition) is 2. The molecule has 0 aliphatic heterocycles. The lowest BCUT2D eigenvalue weighted by Gasteiger charge is -2.03. The molecule has 0 aliphatic rings. The van der Waals surface area contributed by atoms with Gasteiger partial charge in [0.05, 0.1) is 5.56 Å². The molecule has 0 fully saturated rings. The monoisotopic (exact) mass is 214 g/mol. The average molecular weight is 214 g/mol. The second-order valence-corrected chi connectivity index (χ2v) is 4.02. The fourth-order valence-corrected chi connectivity index (χ4v) is 1.68. The van der Waals surface area contributed by atoms with Gasteiger partial charge in [-0.1, -0.05) is 6.92 Å². The highest BCUT2D eigenvalue weighted by atomic mass is 32.2. The number of carbonyl (C=O) groups is 1. The Morgan fingerprint density at radius 1 is 1.57 bits per heavy atom. The normalized spacial score (nSPS) is 10.1. The lowest BCUT2D eigenvalue weighted by atomic mass is 10.1. The van der Waals surface area contributed by atoms with Gasteiger partial charge in [-0.15, -0.1) is 0 Å². The number of carboxylic acids is 1. The summed E-state index contributed by atoms with van der Waals surface area (Å²) in [5, 5.41) is 8.70.